The van der Waals surface area contributed by atoms with E-state index in [2.05, 4.69) is 12.2 Å². The Hall–Kier alpha value is -1.06. The fraction of sp³-hybridized carbons (Fsp3) is 0.533. The van der Waals surface area contributed by atoms with Crippen LogP contribution in [0.5, 0.6) is 0 Å². The molecule has 4 heteroatoms. The molecule has 1 aliphatic heterocycles. The van der Waals surface area contributed by atoms with Crippen LogP contribution in [0, 0.1) is 5.92 Å². The minimum Gasteiger partial charge on any atom is -0.334 e. The first-order chi connectivity index (χ1) is 9.13. The summed E-state index contributed by atoms with van der Waals surface area (Å²) in [7, 11) is 0. The molecule has 0 aliphatic carbocycles. The van der Waals surface area contributed by atoms with E-state index in [4.69, 9.17) is 11.6 Å². The molecule has 0 aromatic heterocycles. The van der Waals surface area contributed by atoms with E-state index in [1.807, 2.05) is 12.1 Å². The second-order valence-corrected chi connectivity index (χ2v) is 5.94. The van der Waals surface area contributed by atoms with Crippen molar-refractivity contribution in [3.8, 4) is 0 Å². The molecule has 0 saturated carbocycles. The lowest BCUT2D eigenvalue weighted by molar-refractivity contribution is -0.907. The Morgan fingerprint density at radius 3 is 2.84 bits per heavy atom. The Bertz CT molecular complexity index is 419. The monoisotopic (exact) mass is 281 g/mol. The number of hydrogen-bond donors (Lipinski definition) is 2. The molecule has 104 valence electrons. The van der Waals surface area contributed by atoms with Crippen LogP contribution in [0.25, 0.3) is 0 Å². The van der Waals surface area contributed by atoms with Crippen molar-refractivity contribution in [1.29, 1.82) is 0 Å². The van der Waals surface area contributed by atoms with Gasteiger partial charge in [0.2, 0.25) is 5.91 Å². The molecule has 3 nitrogen and oxygen atoms in total. The van der Waals surface area contributed by atoms with E-state index in [1.165, 1.54) is 25.9 Å². The van der Waals surface area contributed by atoms with Crippen molar-refractivity contribution < 1.29 is 9.69 Å². The molecule has 0 spiro atoms. The van der Waals surface area contributed by atoms with Crippen LogP contribution in [-0.2, 0) is 4.79 Å². The molecule has 0 radical (unpaired) electrons. The number of anilines is 1. The third-order valence-corrected chi connectivity index (χ3v) is 3.95. The van der Waals surface area contributed by atoms with Crippen molar-refractivity contribution >= 4 is 23.2 Å². The highest BCUT2D eigenvalue weighted by Crippen LogP contribution is 2.13. The summed E-state index contributed by atoms with van der Waals surface area (Å²) in [5.41, 5.74) is 0.816. The van der Waals surface area contributed by atoms with E-state index in [-0.39, 0.29) is 5.91 Å². The van der Waals surface area contributed by atoms with Gasteiger partial charge in [0.1, 0.15) is 0 Å². The summed E-state index contributed by atoms with van der Waals surface area (Å²) in [6, 6.07) is 7.23. The number of rotatable bonds is 4. The number of carbonyl (C=O) groups excluding carboxylic acids is 1. The molecule has 1 amide bonds. The van der Waals surface area contributed by atoms with Crippen molar-refractivity contribution in [2.24, 2.45) is 5.92 Å². The number of benzene rings is 1. The predicted octanol–water partition coefficient (Wildman–Crippen LogP) is 1.98. The van der Waals surface area contributed by atoms with Gasteiger partial charge in [-0.25, -0.2) is 0 Å². The molecule has 2 atom stereocenters. The molecule has 1 aromatic rings. The summed E-state index contributed by atoms with van der Waals surface area (Å²) in [5.74, 6) is 0.885. The third-order valence-electron chi connectivity index (χ3n) is 3.70. The second-order valence-electron chi connectivity index (χ2n) is 5.51. The van der Waals surface area contributed by atoms with Gasteiger partial charge in [-0.2, -0.15) is 0 Å². The largest absolute Gasteiger partial charge is 0.334 e. The fourth-order valence-electron chi connectivity index (χ4n) is 2.67. The summed E-state index contributed by atoms with van der Waals surface area (Å²) >= 11 is 5.81. The van der Waals surface area contributed by atoms with Crippen LogP contribution >= 0.6 is 11.6 Å². The van der Waals surface area contributed by atoms with E-state index in [1.54, 1.807) is 17.0 Å². The van der Waals surface area contributed by atoms with Gasteiger partial charge in [-0.1, -0.05) is 18.5 Å². The number of quaternary nitrogens is 1. The van der Waals surface area contributed by atoms with E-state index in [0.717, 1.165) is 18.2 Å². The quantitative estimate of drug-likeness (QED) is 0.869. The maximum Gasteiger partial charge on any atom is 0.230 e. The molecule has 19 heavy (non-hydrogen) atoms. The fourth-order valence-corrected chi connectivity index (χ4v) is 2.80. The zero-order valence-corrected chi connectivity index (χ0v) is 12.2. The lowest BCUT2D eigenvalue weighted by Crippen LogP contribution is -3.13. The smallest absolute Gasteiger partial charge is 0.230 e. The molecule has 1 heterocycles. The topological polar surface area (TPSA) is 33.5 Å². The number of piperidine rings is 1. The zero-order valence-electron chi connectivity index (χ0n) is 11.4. The highest BCUT2D eigenvalue weighted by Gasteiger charge is 2.20. The molecule has 2 rings (SSSR count). The highest BCUT2D eigenvalue weighted by atomic mass is 35.5. The van der Waals surface area contributed by atoms with Gasteiger partial charge in [0.15, 0.2) is 0 Å². The average Bonchev–Trinajstić information content (AvgIpc) is 2.39. The maximum atomic E-state index is 11.9. The predicted molar refractivity (Wildman–Crippen MR) is 78.7 cm³/mol. The first-order valence-electron chi connectivity index (χ1n) is 7.02. The van der Waals surface area contributed by atoms with Crippen molar-refractivity contribution in [2.75, 3.05) is 25.0 Å². The number of halogens is 1. The van der Waals surface area contributed by atoms with Crippen molar-refractivity contribution in [2.45, 2.75) is 26.2 Å². The number of hydrogen-bond acceptors (Lipinski definition) is 1. The number of nitrogens with one attached hydrogen (secondary N) is 2. The maximum absolute atomic E-state index is 11.9. The lowest BCUT2D eigenvalue weighted by atomic mass is 10.0. The Kier molecular flexibility index (Phi) is 5.23. The standard InChI is InChI=1S/C15H21ClN2O/c1-12-3-2-9-18(11-12)10-8-15(19)17-14-6-4-13(16)5-7-14/h4-7,12H,2-3,8-11H2,1H3,(H,17,19)/p+1. The number of amides is 1. The molecule has 1 fully saturated rings. The summed E-state index contributed by atoms with van der Waals surface area (Å²) in [4.78, 5) is 13.4. The Morgan fingerprint density at radius 2 is 2.16 bits per heavy atom. The molecular formula is C15H22ClN2O+. The average molecular weight is 282 g/mol. The summed E-state index contributed by atoms with van der Waals surface area (Å²) in [6.45, 7) is 5.64. The molecular weight excluding hydrogens is 260 g/mol. The van der Waals surface area contributed by atoms with Crippen molar-refractivity contribution in [1.82, 2.24) is 0 Å². The summed E-state index contributed by atoms with van der Waals surface area (Å²) in [5, 5.41) is 3.59. The Labute approximate surface area is 119 Å². The van der Waals surface area contributed by atoms with Gasteiger partial charge in [-0.05, 0) is 37.1 Å². The Morgan fingerprint density at radius 1 is 1.42 bits per heavy atom. The van der Waals surface area contributed by atoms with Gasteiger partial charge >= 0.3 is 0 Å². The van der Waals surface area contributed by atoms with E-state index in [0.29, 0.717) is 11.4 Å². The van der Waals surface area contributed by atoms with Crippen LogP contribution in [0.2, 0.25) is 5.02 Å². The van der Waals surface area contributed by atoms with Crippen LogP contribution in [0.4, 0.5) is 5.69 Å². The lowest BCUT2D eigenvalue weighted by Gasteiger charge is -2.27. The molecule has 2 unspecified atom stereocenters. The zero-order chi connectivity index (χ0) is 13.7. The second kappa shape index (κ2) is 6.92. The van der Waals surface area contributed by atoms with Gasteiger partial charge in [0.05, 0.1) is 26.1 Å². The molecule has 1 aromatic carbocycles. The van der Waals surface area contributed by atoms with Crippen molar-refractivity contribution in [3.63, 3.8) is 0 Å². The number of likely N-dealkylation sites (tertiary alicyclic amines) is 1. The third kappa shape index (κ3) is 4.84. The van der Waals surface area contributed by atoms with Crippen LogP contribution in [0.1, 0.15) is 26.2 Å². The van der Waals surface area contributed by atoms with Gasteiger partial charge in [0, 0.05) is 16.6 Å². The first kappa shape index (κ1) is 14.4. The highest BCUT2D eigenvalue weighted by molar-refractivity contribution is 6.30. The minimum absolute atomic E-state index is 0.0908. The van der Waals surface area contributed by atoms with Gasteiger partial charge in [0.25, 0.3) is 0 Å². The van der Waals surface area contributed by atoms with Gasteiger partial charge < -0.3 is 10.2 Å². The van der Waals surface area contributed by atoms with E-state index < -0.39 is 0 Å². The van der Waals surface area contributed by atoms with Crippen LogP contribution in [0.15, 0.2) is 24.3 Å². The van der Waals surface area contributed by atoms with Crippen molar-refractivity contribution in [3.05, 3.63) is 29.3 Å². The molecule has 2 N–H and O–H groups in total. The summed E-state index contributed by atoms with van der Waals surface area (Å²) in [6.07, 6.45) is 3.21. The van der Waals surface area contributed by atoms with Crippen LogP contribution in [-0.4, -0.2) is 25.5 Å². The Balaban J connectivity index is 1.73. The van der Waals surface area contributed by atoms with Gasteiger partial charge in [-0.3, -0.25) is 4.79 Å². The van der Waals surface area contributed by atoms with Crippen LogP contribution < -0.4 is 10.2 Å². The van der Waals surface area contributed by atoms with Gasteiger partial charge in [-0.15, -0.1) is 0 Å². The number of carbonyl (C=O) groups is 1. The SMILES string of the molecule is CC1CCC[NH+](CCC(=O)Nc2ccc(Cl)cc2)C1. The van der Waals surface area contributed by atoms with E-state index >= 15 is 0 Å². The molecule has 1 saturated heterocycles. The van der Waals surface area contributed by atoms with E-state index in [9.17, 15) is 4.79 Å². The molecule has 0 bridgehead atoms. The summed E-state index contributed by atoms with van der Waals surface area (Å²) < 4.78 is 0. The van der Waals surface area contributed by atoms with Crippen LogP contribution in [0.3, 0.4) is 0 Å². The molecule has 1 aliphatic rings. The normalized spacial score (nSPS) is 23.1. The first-order valence-corrected chi connectivity index (χ1v) is 7.40. The minimum atomic E-state index is 0.0908.